The van der Waals surface area contributed by atoms with Crippen LogP contribution >= 0.6 is 0 Å². The molecule has 0 heterocycles. The van der Waals surface area contributed by atoms with E-state index in [0.29, 0.717) is 18.5 Å². The number of hydrogen-bond donors (Lipinski definition) is 2. The van der Waals surface area contributed by atoms with E-state index in [0.717, 1.165) is 11.1 Å². The summed E-state index contributed by atoms with van der Waals surface area (Å²) in [5.41, 5.74) is 7.71. The number of alkyl halides is 1. The molecule has 1 atom stereocenters. The highest BCUT2D eigenvalue weighted by Gasteiger charge is 2.09. The quantitative estimate of drug-likeness (QED) is 0.773. The topological polar surface area (TPSA) is 46.2 Å². The molecule has 0 aliphatic carbocycles. The van der Waals surface area contributed by atoms with Crippen molar-refractivity contribution in [3.63, 3.8) is 0 Å². The van der Waals surface area contributed by atoms with Crippen molar-refractivity contribution in [3.05, 3.63) is 34.9 Å². The molecule has 1 aromatic carbocycles. The van der Waals surface area contributed by atoms with Crippen LogP contribution in [0.5, 0.6) is 0 Å². The van der Waals surface area contributed by atoms with E-state index in [2.05, 4.69) is 0 Å². The molecule has 0 spiro atoms. The average Bonchev–Trinajstić information content (AvgIpc) is 2.19. The van der Waals surface area contributed by atoms with Gasteiger partial charge in [-0.05, 0) is 36.6 Å². The van der Waals surface area contributed by atoms with Gasteiger partial charge in [-0.15, -0.1) is 0 Å². The van der Waals surface area contributed by atoms with Gasteiger partial charge in [0.2, 0.25) is 0 Å². The van der Waals surface area contributed by atoms with Crippen LogP contribution in [0.2, 0.25) is 0 Å². The fourth-order valence-corrected chi connectivity index (χ4v) is 1.45. The molecule has 0 amide bonds. The van der Waals surface area contributed by atoms with Gasteiger partial charge in [-0.2, -0.15) is 0 Å². The van der Waals surface area contributed by atoms with Crippen LogP contribution in [0, 0.1) is 6.92 Å². The lowest BCUT2D eigenvalue weighted by Crippen LogP contribution is -2.08. The standard InChI is InChI=1S/C11H16FNO/c1-8-2-3-9(7-12)6-10(8)11(14)4-5-13/h2-3,6,11,14H,4-5,7,13H2,1H3. The summed E-state index contributed by atoms with van der Waals surface area (Å²) in [7, 11) is 0. The molecule has 3 heteroatoms. The van der Waals surface area contributed by atoms with Crippen molar-refractivity contribution in [3.8, 4) is 0 Å². The van der Waals surface area contributed by atoms with Crippen LogP contribution in [0.3, 0.4) is 0 Å². The van der Waals surface area contributed by atoms with Crippen LogP contribution in [-0.4, -0.2) is 11.7 Å². The minimum atomic E-state index is -0.577. The molecule has 0 bridgehead atoms. The summed E-state index contributed by atoms with van der Waals surface area (Å²) in [6.45, 7) is 1.83. The molecule has 0 radical (unpaired) electrons. The average molecular weight is 197 g/mol. The number of halogens is 1. The summed E-state index contributed by atoms with van der Waals surface area (Å²) in [6.07, 6.45) is -0.0668. The van der Waals surface area contributed by atoms with Crippen LogP contribution in [0.1, 0.15) is 29.2 Å². The van der Waals surface area contributed by atoms with Crippen molar-refractivity contribution < 1.29 is 9.50 Å². The third kappa shape index (κ3) is 2.53. The Labute approximate surface area is 83.6 Å². The van der Waals surface area contributed by atoms with E-state index in [1.54, 1.807) is 12.1 Å². The van der Waals surface area contributed by atoms with E-state index in [9.17, 15) is 9.50 Å². The van der Waals surface area contributed by atoms with Gasteiger partial charge in [0, 0.05) is 0 Å². The molecule has 0 aliphatic rings. The molecular formula is C11H16FNO. The van der Waals surface area contributed by atoms with Crippen LogP contribution < -0.4 is 5.73 Å². The molecule has 0 fully saturated rings. The zero-order valence-corrected chi connectivity index (χ0v) is 8.33. The van der Waals surface area contributed by atoms with Gasteiger partial charge in [0.05, 0.1) is 6.10 Å². The van der Waals surface area contributed by atoms with Crippen molar-refractivity contribution in [1.29, 1.82) is 0 Å². The fraction of sp³-hybridized carbons (Fsp3) is 0.455. The number of nitrogens with two attached hydrogens (primary N) is 1. The maximum Gasteiger partial charge on any atom is 0.115 e. The van der Waals surface area contributed by atoms with Gasteiger partial charge in [0.15, 0.2) is 0 Å². The molecule has 1 rings (SSSR count). The molecule has 0 aromatic heterocycles. The SMILES string of the molecule is Cc1ccc(CF)cc1C(O)CCN. The minimum absolute atomic E-state index is 0.431. The van der Waals surface area contributed by atoms with E-state index in [1.807, 2.05) is 13.0 Å². The monoisotopic (exact) mass is 197 g/mol. The molecule has 14 heavy (non-hydrogen) atoms. The number of rotatable bonds is 4. The Kier molecular flexibility index (Phi) is 4.04. The van der Waals surface area contributed by atoms with E-state index in [-0.39, 0.29) is 0 Å². The largest absolute Gasteiger partial charge is 0.388 e. The summed E-state index contributed by atoms with van der Waals surface area (Å²) in [6, 6.07) is 5.26. The zero-order chi connectivity index (χ0) is 10.6. The number of aliphatic hydroxyl groups excluding tert-OH is 1. The van der Waals surface area contributed by atoms with Gasteiger partial charge in [-0.1, -0.05) is 18.2 Å². The summed E-state index contributed by atoms with van der Waals surface area (Å²) < 4.78 is 12.4. The lowest BCUT2D eigenvalue weighted by atomic mass is 9.99. The molecule has 2 nitrogen and oxygen atoms in total. The predicted molar refractivity (Wildman–Crippen MR) is 54.6 cm³/mol. The maximum absolute atomic E-state index is 12.4. The van der Waals surface area contributed by atoms with E-state index in [1.165, 1.54) is 0 Å². The lowest BCUT2D eigenvalue weighted by molar-refractivity contribution is 0.169. The second kappa shape index (κ2) is 5.08. The highest BCUT2D eigenvalue weighted by atomic mass is 19.1. The zero-order valence-electron chi connectivity index (χ0n) is 8.33. The third-order valence-corrected chi connectivity index (χ3v) is 2.30. The van der Waals surface area contributed by atoms with Gasteiger partial charge in [-0.3, -0.25) is 0 Å². The summed E-state index contributed by atoms with van der Waals surface area (Å²) in [4.78, 5) is 0. The number of hydrogen-bond acceptors (Lipinski definition) is 2. The second-order valence-electron chi connectivity index (χ2n) is 3.42. The summed E-state index contributed by atoms with van der Waals surface area (Å²) >= 11 is 0. The third-order valence-electron chi connectivity index (χ3n) is 2.30. The highest BCUT2D eigenvalue weighted by Crippen LogP contribution is 2.21. The Hall–Kier alpha value is -0.930. The van der Waals surface area contributed by atoms with E-state index < -0.39 is 12.8 Å². The van der Waals surface area contributed by atoms with Crippen LogP contribution in [-0.2, 0) is 6.67 Å². The molecule has 1 unspecified atom stereocenters. The fourth-order valence-electron chi connectivity index (χ4n) is 1.45. The van der Waals surface area contributed by atoms with Crippen LogP contribution in [0.25, 0.3) is 0 Å². The molecule has 0 aliphatic heterocycles. The van der Waals surface area contributed by atoms with Crippen molar-refractivity contribution in [2.24, 2.45) is 5.73 Å². The Balaban J connectivity index is 2.93. The van der Waals surface area contributed by atoms with Crippen molar-refractivity contribution >= 4 is 0 Å². The van der Waals surface area contributed by atoms with Crippen LogP contribution in [0.15, 0.2) is 18.2 Å². The molecule has 1 aromatic rings. The molecule has 3 N–H and O–H groups in total. The molecule has 0 saturated carbocycles. The first-order chi connectivity index (χ1) is 6.69. The second-order valence-corrected chi connectivity index (χ2v) is 3.42. The van der Waals surface area contributed by atoms with Crippen LogP contribution in [0.4, 0.5) is 4.39 Å². The van der Waals surface area contributed by atoms with Crippen molar-refractivity contribution in [2.45, 2.75) is 26.1 Å². The minimum Gasteiger partial charge on any atom is -0.388 e. The number of aryl methyl sites for hydroxylation is 1. The van der Waals surface area contributed by atoms with Gasteiger partial charge in [-0.25, -0.2) is 4.39 Å². The summed E-state index contributed by atoms with van der Waals surface area (Å²) in [5, 5.41) is 9.72. The van der Waals surface area contributed by atoms with Crippen molar-refractivity contribution in [1.82, 2.24) is 0 Å². The molecular weight excluding hydrogens is 181 g/mol. The smallest absolute Gasteiger partial charge is 0.115 e. The van der Waals surface area contributed by atoms with Crippen molar-refractivity contribution in [2.75, 3.05) is 6.54 Å². The maximum atomic E-state index is 12.4. The van der Waals surface area contributed by atoms with Gasteiger partial charge in [0.1, 0.15) is 6.67 Å². The summed E-state index contributed by atoms with van der Waals surface area (Å²) in [5.74, 6) is 0. The molecule has 78 valence electrons. The predicted octanol–water partition coefficient (Wildman–Crippen LogP) is 1.85. The molecule has 0 saturated heterocycles. The van der Waals surface area contributed by atoms with E-state index >= 15 is 0 Å². The number of aliphatic hydroxyl groups is 1. The van der Waals surface area contributed by atoms with Gasteiger partial charge >= 0.3 is 0 Å². The Morgan fingerprint density at radius 3 is 2.79 bits per heavy atom. The number of benzene rings is 1. The normalized spacial score (nSPS) is 12.9. The first-order valence-electron chi connectivity index (χ1n) is 4.72. The first-order valence-corrected chi connectivity index (χ1v) is 4.72. The Bertz CT molecular complexity index is 301. The van der Waals surface area contributed by atoms with Gasteiger partial charge in [0.25, 0.3) is 0 Å². The van der Waals surface area contributed by atoms with E-state index in [4.69, 9.17) is 5.73 Å². The highest BCUT2D eigenvalue weighted by molar-refractivity contribution is 5.32. The Morgan fingerprint density at radius 2 is 2.21 bits per heavy atom. The van der Waals surface area contributed by atoms with Gasteiger partial charge < -0.3 is 10.8 Å². The Morgan fingerprint density at radius 1 is 1.50 bits per heavy atom. The first kappa shape index (κ1) is 11.1. The lowest BCUT2D eigenvalue weighted by Gasteiger charge is -2.13.